The number of rotatable bonds is 10. The van der Waals surface area contributed by atoms with Gasteiger partial charge in [0, 0.05) is 12.4 Å². The summed E-state index contributed by atoms with van der Waals surface area (Å²) in [7, 11) is 1.58. The van der Waals surface area contributed by atoms with Crippen LogP contribution >= 0.6 is 0 Å². The number of para-hydroxylation sites is 2. The first-order chi connectivity index (χ1) is 17.9. The largest absolute Gasteiger partial charge is 0.493 e. The van der Waals surface area contributed by atoms with Crippen molar-refractivity contribution in [3.8, 4) is 34.8 Å². The first kappa shape index (κ1) is 26.0. The van der Waals surface area contributed by atoms with E-state index in [0.29, 0.717) is 41.0 Å². The molecular formula is C29H32N4O4. The van der Waals surface area contributed by atoms with Crippen LogP contribution in [0.1, 0.15) is 37.6 Å². The average Bonchev–Trinajstić information content (AvgIpc) is 2.92. The Morgan fingerprint density at radius 1 is 0.811 bits per heavy atom. The molecule has 0 radical (unpaired) electrons. The molecule has 4 aromatic rings. The van der Waals surface area contributed by atoms with Gasteiger partial charge in [0.15, 0.2) is 17.3 Å². The standard InChI is InChI=1S/C29H32N4O4/c1-29(2,3)21-13-10-20(11-14-21)12-15-22-25(37-24-9-6-5-8-23(24)35-4)28(36-19-18-34)33-27(32-22)26-30-16-7-17-31-26/h5-11,13-14,16-17,34H,12,15,18-19H2,1-4H3. The molecule has 37 heavy (non-hydrogen) atoms. The van der Waals surface area contributed by atoms with Crippen LogP contribution in [0.25, 0.3) is 11.6 Å². The van der Waals surface area contributed by atoms with Crippen LogP contribution in [-0.4, -0.2) is 45.4 Å². The number of hydrogen-bond donors (Lipinski definition) is 1. The molecule has 0 aliphatic carbocycles. The Labute approximate surface area is 217 Å². The summed E-state index contributed by atoms with van der Waals surface area (Å²) in [6.45, 7) is 6.47. The summed E-state index contributed by atoms with van der Waals surface area (Å²) in [6, 6.07) is 17.7. The highest BCUT2D eigenvalue weighted by Crippen LogP contribution is 2.38. The van der Waals surface area contributed by atoms with Gasteiger partial charge in [0.25, 0.3) is 5.88 Å². The van der Waals surface area contributed by atoms with Crippen molar-refractivity contribution in [3.63, 3.8) is 0 Å². The summed E-state index contributed by atoms with van der Waals surface area (Å²) in [4.78, 5) is 17.9. The lowest BCUT2D eigenvalue weighted by molar-refractivity contribution is 0.192. The number of aryl methyl sites for hydroxylation is 2. The second-order valence-electron chi connectivity index (χ2n) is 9.47. The fourth-order valence-electron chi connectivity index (χ4n) is 3.75. The molecule has 0 saturated carbocycles. The van der Waals surface area contributed by atoms with Crippen molar-refractivity contribution in [3.05, 3.63) is 83.8 Å². The molecule has 1 N–H and O–H groups in total. The molecule has 8 nitrogen and oxygen atoms in total. The lowest BCUT2D eigenvalue weighted by atomic mass is 9.86. The molecule has 2 aromatic carbocycles. The second kappa shape index (κ2) is 11.8. The predicted octanol–water partition coefficient (Wildman–Crippen LogP) is 5.19. The maximum atomic E-state index is 9.42. The maximum Gasteiger partial charge on any atom is 0.261 e. The zero-order valence-electron chi connectivity index (χ0n) is 21.6. The third-order valence-electron chi connectivity index (χ3n) is 5.75. The molecule has 0 bridgehead atoms. The molecule has 0 aliphatic rings. The van der Waals surface area contributed by atoms with Gasteiger partial charge in [-0.1, -0.05) is 57.2 Å². The zero-order chi connectivity index (χ0) is 26.3. The van der Waals surface area contributed by atoms with Crippen LogP contribution < -0.4 is 14.2 Å². The number of ether oxygens (including phenoxy) is 3. The summed E-state index contributed by atoms with van der Waals surface area (Å²) in [5, 5.41) is 9.42. The van der Waals surface area contributed by atoms with E-state index >= 15 is 0 Å². The molecule has 2 aromatic heterocycles. The van der Waals surface area contributed by atoms with E-state index < -0.39 is 0 Å². The number of nitrogens with zero attached hydrogens (tertiary/aromatic N) is 4. The Morgan fingerprint density at radius 2 is 1.51 bits per heavy atom. The van der Waals surface area contributed by atoms with Crippen molar-refractivity contribution < 1.29 is 19.3 Å². The van der Waals surface area contributed by atoms with Crippen LogP contribution in [0, 0.1) is 0 Å². The van der Waals surface area contributed by atoms with Gasteiger partial charge in [0.05, 0.1) is 19.4 Å². The molecule has 0 aliphatic heterocycles. The quantitative estimate of drug-likeness (QED) is 0.318. The highest BCUT2D eigenvalue weighted by atomic mass is 16.5. The number of aliphatic hydroxyl groups excluding tert-OH is 1. The van der Waals surface area contributed by atoms with Crippen molar-refractivity contribution in [2.24, 2.45) is 0 Å². The Morgan fingerprint density at radius 3 is 2.16 bits per heavy atom. The minimum absolute atomic E-state index is 0.0437. The summed E-state index contributed by atoms with van der Waals surface area (Å²) in [5.41, 5.74) is 3.17. The number of aromatic nitrogens is 4. The Bertz CT molecular complexity index is 1310. The van der Waals surface area contributed by atoms with Gasteiger partial charge in [-0.2, -0.15) is 4.98 Å². The van der Waals surface area contributed by atoms with E-state index in [1.807, 2.05) is 18.2 Å². The van der Waals surface area contributed by atoms with Crippen LogP contribution in [0.2, 0.25) is 0 Å². The molecule has 192 valence electrons. The van der Waals surface area contributed by atoms with Crippen molar-refractivity contribution in [1.82, 2.24) is 19.9 Å². The van der Waals surface area contributed by atoms with Gasteiger partial charge in [0.2, 0.25) is 11.6 Å². The van der Waals surface area contributed by atoms with Gasteiger partial charge < -0.3 is 19.3 Å². The monoisotopic (exact) mass is 500 g/mol. The molecule has 0 unspecified atom stereocenters. The normalized spacial score (nSPS) is 11.3. The third kappa shape index (κ3) is 6.59. The zero-order valence-corrected chi connectivity index (χ0v) is 21.6. The van der Waals surface area contributed by atoms with Crippen LogP contribution in [0.5, 0.6) is 23.1 Å². The molecule has 0 spiro atoms. The average molecular weight is 501 g/mol. The van der Waals surface area contributed by atoms with Crippen LogP contribution in [0.15, 0.2) is 67.0 Å². The molecule has 2 heterocycles. The van der Waals surface area contributed by atoms with E-state index in [0.717, 1.165) is 6.42 Å². The fourth-order valence-corrected chi connectivity index (χ4v) is 3.75. The highest BCUT2D eigenvalue weighted by molar-refractivity contribution is 5.52. The topological polar surface area (TPSA) is 99.5 Å². The number of benzene rings is 2. The lowest BCUT2D eigenvalue weighted by Gasteiger charge is -2.19. The second-order valence-corrected chi connectivity index (χ2v) is 9.47. The van der Waals surface area contributed by atoms with E-state index in [9.17, 15) is 5.11 Å². The SMILES string of the molecule is COc1ccccc1Oc1c(CCc2ccc(C(C)(C)C)cc2)nc(-c2ncccn2)nc1OCCO. The van der Waals surface area contributed by atoms with Crippen molar-refractivity contribution in [2.75, 3.05) is 20.3 Å². The Kier molecular flexibility index (Phi) is 8.30. The van der Waals surface area contributed by atoms with Gasteiger partial charge in [-0.25, -0.2) is 15.0 Å². The predicted molar refractivity (Wildman–Crippen MR) is 141 cm³/mol. The summed E-state index contributed by atoms with van der Waals surface area (Å²) < 4.78 is 17.6. The van der Waals surface area contributed by atoms with Gasteiger partial charge >= 0.3 is 0 Å². The minimum Gasteiger partial charge on any atom is -0.493 e. The molecular weight excluding hydrogens is 468 g/mol. The van der Waals surface area contributed by atoms with E-state index in [1.165, 1.54) is 11.1 Å². The van der Waals surface area contributed by atoms with Crippen molar-refractivity contribution in [2.45, 2.75) is 39.0 Å². The smallest absolute Gasteiger partial charge is 0.261 e. The molecule has 8 heteroatoms. The molecule has 0 fully saturated rings. The third-order valence-corrected chi connectivity index (χ3v) is 5.75. The van der Waals surface area contributed by atoms with Gasteiger partial charge in [-0.3, -0.25) is 0 Å². The summed E-state index contributed by atoms with van der Waals surface area (Å²) in [6.07, 6.45) is 4.54. The Balaban J connectivity index is 1.74. The fraction of sp³-hybridized carbons (Fsp3) is 0.310. The van der Waals surface area contributed by atoms with Crippen molar-refractivity contribution in [1.29, 1.82) is 0 Å². The first-order valence-corrected chi connectivity index (χ1v) is 12.2. The molecule has 0 atom stereocenters. The summed E-state index contributed by atoms with van der Waals surface area (Å²) in [5.74, 6) is 2.33. The van der Waals surface area contributed by atoms with Gasteiger partial charge in [0.1, 0.15) is 6.61 Å². The molecule has 0 amide bonds. The maximum absolute atomic E-state index is 9.42. The summed E-state index contributed by atoms with van der Waals surface area (Å²) >= 11 is 0. The minimum atomic E-state index is -0.176. The number of methoxy groups -OCH3 is 1. The number of hydrogen-bond acceptors (Lipinski definition) is 8. The van der Waals surface area contributed by atoms with Gasteiger partial charge in [-0.15, -0.1) is 0 Å². The van der Waals surface area contributed by atoms with E-state index in [4.69, 9.17) is 19.2 Å². The molecule has 4 rings (SSSR count). The first-order valence-electron chi connectivity index (χ1n) is 12.2. The van der Waals surface area contributed by atoms with E-state index in [-0.39, 0.29) is 24.5 Å². The van der Waals surface area contributed by atoms with Crippen LogP contribution in [0.4, 0.5) is 0 Å². The van der Waals surface area contributed by atoms with E-state index in [2.05, 4.69) is 60.0 Å². The lowest BCUT2D eigenvalue weighted by Crippen LogP contribution is -2.11. The van der Waals surface area contributed by atoms with Crippen LogP contribution in [0.3, 0.4) is 0 Å². The van der Waals surface area contributed by atoms with Crippen molar-refractivity contribution >= 4 is 0 Å². The Hall–Kier alpha value is -4.04. The van der Waals surface area contributed by atoms with Gasteiger partial charge in [-0.05, 0) is 47.6 Å². The molecule has 0 saturated heterocycles. The number of aliphatic hydroxyl groups is 1. The van der Waals surface area contributed by atoms with E-state index in [1.54, 1.807) is 31.6 Å². The van der Waals surface area contributed by atoms with Crippen LogP contribution in [-0.2, 0) is 18.3 Å². The highest BCUT2D eigenvalue weighted by Gasteiger charge is 2.22.